The van der Waals surface area contributed by atoms with Crippen LogP contribution in [-0.2, 0) is 4.79 Å². The van der Waals surface area contributed by atoms with Gasteiger partial charge in [0.25, 0.3) is 0 Å². The second kappa shape index (κ2) is 5.72. The fraction of sp³-hybridized carbons (Fsp3) is 0.462. The van der Waals surface area contributed by atoms with Crippen LogP contribution in [0.1, 0.15) is 6.42 Å². The van der Waals surface area contributed by atoms with Gasteiger partial charge in [-0.1, -0.05) is 0 Å². The maximum atomic E-state index is 10.8. The van der Waals surface area contributed by atoms with Crippen molar-refractivity contribution < 1.29 is 9.90 Å². The number of aliphatic carboxylic acids is 1. The number of carboxylic acid groups (broad SMARTS) is 1. The molecule has 0 bridgehead atoms. The Morgan fingerprint density at radius 1 is 1.30 bits per heavy atom. The molecule has 0 aromatic carbocycles. The Bertz CT molecular complexity index is 615. The van der Waals surface area contributed by atoms with Crippen molar-refractivity contribution >= 4 is 33.3 Å². The Kier molecular flexibility index (Phi) is 3.79. The molecule has 1 fully saturated rings. The molecule has 20 heavy (non-hydrogen) atoms. The molecule has 0 aliphatic carbocycles. The number of hydrogen-bond acceptors (Lipinski definition) is 6. The highest BCUT2D eigenvalue weighted by Gasteiger charge is 2.19. The van der Waals surface area contributed by atoms with Crippen LogP contribution in [-0.4, -0.2) is 58.7 Å². The first-order chi connectivity index (χ1) is 9.74. The molecule has 3 rings (SSSR count). The van der Waals surface area contributed by atoms with Gasteiger partial charge in [-0.15, -0.1) is 11.3 Å². The van der Waals surface area contributed by atoms with Crippen LogP contribution in [0.4, 0.5) is 5.82 Å². The van der Waals surface area contributed by atoms with Gasteiger partial charge < -0.3 is 10.0 Å². The van der Waals surface area contributed by atoms with Crippen molar-refractivity contribution in [3.63, 3.8) is 0 Å². The highest BCUT2D eigenvalue weighted by molar-refractivity contribution is 7.16. The molecule has 3 heterocycles. The topological polar surface area (TPSA) is 69.6 Å². The van der Waals surface area contributed by atoms with E-state index in [-0.39, 0.29) is 6.54 Å². The van der Waals surface area contributed by atoms with E-state index in [1.165, 1.54) is 0 Å². The van der Waals surface area contributed by atoms with Crippen LogP contribution >= 0.6 is 11.3 Å². The summed E-state index contributed by atoms with van der Waals surface area (Å²) in [6, 6.07) is 2.05. The number of fused-ring (bicyclic) bond motifs is 1. The third kappa shape index (κ3) is 2.73. The minimum absolute atomic E-state index is 0.117. The number of aromatic nitrogens is 2. The molecular weight excluding hydrogens is 276 g/mol. The average Bonchev–Trinajstić information content (AvgIpc) is 2.79. The molecule has 1 aliphatic rings. The second-order valence-electron chi connectivity index (χ2n) is 4.85. The van der Waals surface area contributed by atoms with Crippen molar-refractivity contribution in [3.8, 4) is 0 Å². The Morgan fingerprint density at radius 3 is 3.05 bits per heavy atom. The van der Waals surface area contributed by atoms with Crippen molar-refractivity contribution in [2.45, 2.75) is 6.42 Å². The van der Waals surface area contributed by atoms with E-state index >= 15 is 0 Å². The minimum Gasteiger partial charge on any atom is -0.480 e. The predicted molar refractivity (Wildman–Crippen MR) is 78.3 cm³/mol. The normalized spacial score (nSPS) is 17.3. The lowest BCUT2D eigenvalue weighted by atomic mass is 10.3. The SMILES string of the molecule is O=C(O)CN1CCCN(c2ncnc3sccc23)CC1. The van der Waals surface area contributed by atoms with Crippen molar-refractivity contribution in [2.75, 3.05) is 37.6 Å². The predicted octanol–water partition coefficient (Wildman–Crippen LogP) is 1.29. The number of carbonyl (C=O) groups is 1. The summed E-state index contributed by atoms with van der Waals surface area (Å²) in [7, 11) is 0. The number of rotatable bonds is 3. The number of thiophene rings is 1. The summed E-state index contributed by atoms with van der Waals surface area (Å²) in [5, 5.41) is 12.0. The van der Waals surface area contributed by atoms with E-state index in [0.29, 0.717) is 0 Å². The van der Waals surface area contributed by atoms with E-state index < -0.39 is 5.97 Å². The molecule has 1 saturated heterocycles. The molecule has 0 unspecified atom stereocenters. The molecule has 2 aromatic heterocycles. The van der Waals surface area contributed by atoms with Crippen molar-refractivity contribution in [1.29, 1.82) is 0 Å². The van der Waals surface area contributed by atoms with Gasteiger partial charge in [0, 0.05) is 26.2 Å². The minimum atomic E-state index is -0.763. The van der Waals surface area contributed by atoms with Gasteiger partial charge in [-0.2, -0.15) is 0 Å². The van der Waals surface area contributed by atoms with Crippen molar-refractivity contribution in [2.24, 2.45) is 0 Å². The number of nitrogens with zero attached hydrogens (tertiary/aromatic N) is 4. The van der Waals surface area contributed by atoms with Crippen LogP contribution in [0.25, 0.3) is 10.2 Å². The van der Waals surface area contributed by atoms with Crippen LogP contribution in [0.15, 0.2) is 17.8 Å². The first kappa shape index (κ1) is 13.3. The van der Waals surface area contributed by atoms with E-state index in [4.69, 9.17) is 5.11 Å². The van der Waals surface area contributed by atoms with Crippen LogP contribution in [0.5, 0.6) is 0 Å². The Balaban J connectivity index is 1.78. The van der Waals surface area contributed by atoms with Gasteiger partial charge in [0.1, 0.15) is 17.0 Å². The Labute approximate surface area is 120 Å². The molecule has 0 radical (unpaired) electrons. The van der Waals surface area contributed by atoms with Crippen molar-refractivity contribution in [1.82, 2.24) is 14.9 Å². The highest BCUT2D eigenvalue weighted by Crippen LogP contribution is 2.27. The van der Waals surface area contributed by atoms with E-state index in [1.54, 1.807) is 17.7 Å². The highest BCUT2D eigenvalue weighted by atomic mass is 32.1. The maximum absolute atomic E-state index is 10.8. The maximum Gasteiger partial charge on any atom is 0.317 e. The summed E-state index contributed by atoms with van der Waals surface area (Å²) in [6.45, 7) is 3.39. The third-order valence-corrected chi connectivity index (χ3v) is 4.31. The molecule has 106 valence electrons. The molecule has 0 spiro atoms. The van der Waals surface area contributed by atoms with E-state index in [2.05, 4.69) is 20.9 Å². The molecule has 0 atom stereocenters. The quantitative estimate of drug-likeness (QED) is 0.919. The van der Waals surface area contributed by atoms with Crippen LogP contribution in [0.2, 0.25) is 0 Å². The molecule has 0 amide bonds. The summed E-state index contributed by atoms with van der Waals surface area (Å²) in [5.74, 6) is 0.203. The van der Waals surface area contributed by atoms with Crippen LogP contribution < -0.4 is 4.90 Å². The molecule has 1 aliphatic heterocycles. The van der Waals surface area contributed by atoms with Crippen LogP contribution in [0.3, 0.4) is 0 Å². The van der Waals surface area contributed by atoms with Gasteiger partial charge in [0.2, 0.25) is 0 Å². The number of carboxylic acids is 1. The fourth-order valence-corrected chi connectivity index (χ4v) is 3.29. The summed E-state index contributed by atoms with van der Waals surface area (Å²) in [6.07, 6.45) is 2.55. The van der Waals surface area contributed by atoms with Gasteiger partial charge in [-0.05, 0) is 17.9 Å². The van der Waals surface area contributed by atoms with E-state index in [0.717, 1.165) is 48.6 Å². The Morgan fingerprint density at radius 2 is 2.20 bits per heavy atom. The van der Waals surface area contributed by atoms with Gasteiger partial charge in [-0.25, -0.2) is 9.97 Å². The molecule has 2 aromatic rings. The molecule has 7 heteroatoms. The average molecular weight is 292 g/mol. The lowest BCUT2D eigenvalue weighted by Gasteiger charge is -2.22. The zero-order chi connectivity index (χ0) is 13.9. The second-order valence-corrected chi connectivity index (χ2v) is 5.74. The monoisotopic (exact) mass is 292 g/mol. The van der Waals surface area contributed by atoms with Gasteiger partial charge >= 0.3 is 5.97 Å². The Hall–Kier alpha value is -1.73. The molecular formula is C13H16N4O2S. The fourth-order valence-electron chi connectivity index (χ4n) is 2.56. The standard InChI is InChI=1S/C13H16N4O2S/c18-11(19)8-16-3-1-4-17(6-5-16)12-10-2-7-20-13(10)15-9-14-12/h2,7,9H,1,3-6,8H2,(H,18,19). The largest absolute Gasteiger partial charge is 0.480 e. The number of anilines is 1. The lowest BCUT2D eigenvalue weighted by Crippen LogP contribution is -2.34. The summed E-state index contributed by atoms with van der Waals surface area (Å²) in [4.78, 5) is 24.7. The lowest BCUT2D eigenvalue weighted by molar-refractivity contribution is -0.138. The smallest absolute Gasteiger partial charge is 0.317 e. The zero-order valence-corrected chi connectivity index (χ0v) is 11.8. The van der Waals surface area contributed by atoms with E-state index in [9.17, 15) is 4.79 Å². The van der Waals surface area contributed by atoms with Gasteiger partial charge in [-0.3, -0.25) is 9.69 Å². The van der Waals surface area contributed by atoms with Crippen LogP contribution in [0, 0.1) is 0 Å². The summed E-state index contributed by atoms with van der Waals surface area (Å²) in [5.41, 5.74) is 0. The molecule has 1 N–H and O–H groups in total. The van der Waals surface area contributed by atoms with E-state index in [1.807, 2.05) is 10.3 Å². The summed E-state index contributed by atoms with van der Waals surface area (Å²) < 4.78 is 0. The first-order valence-electron chi connectivity index (χ1n) is 6.61. The van der Waals surface area contributed by atoms with Crippen molar-refractivity contribution in [3.05, 3.63) is 17.8 Å². The van der Waals surface area contributed by atoms with Gasteiger partial charge in [0.15, 0.2) is 0 Å². The molecule has 0 saturated carbocycles. The van der Waals surface area contributed by atoms with Gasteiger partial charge in [0.05, 0.1) is 11.9 Å². The molecule has 6 nitrogen and oxygen atoms in total. The first-order valence-corrected chi connectivity index (χ1v) is 7.49. The summed E-state index contributed by atoms with van der Waals surface area (Å²) >= 11 is 1.61. The number of hydrogen-bond donors (Lipinski definition) is 1. The zero-order valence-electron chi connectivity index (χ0n) is 11.0. The third-order valence-electron chi connectivity index (χ3n) is 3.49.